The summed E-state index contributed by atoms with van der Waals surface area (Å²) in [6, 6.07) is 4.59. The second-order valence-corrected chi connectivity index (χ2v) is 3.61. The molecule has 0 aliphatic carbocycles. The summed E-state index contributed by atoms with van der Waals surface area (Å²) in [4.78, 5) is 16.6. The summed E-state index contributed by atoms with van der Waals surface area (Å²) >= 11 is 0. The minimum atomic E-state index is -0.212. The first kappa shape index (κ1) is 13.8. The summed E-state index contributed by atoms with van der Waals surface area (Å²) in [6.45, 7) is 5.49. The Bertz CT molecular complexity index is 529. The maximum Gasteiger partial charge on any atom is 0.278 e. The first-order valence-corrected chi connectivity index (χ1v) is 5.40. The number of rotatable bonds is 3. The average molecular weight is 244 g/mol. The molecule has 0 spiro atoms. The molecule has 0 aromatic carbocycles. The van der Waals surface area contributed by atoms with Crippen molar-refractivity contribution in [1.29, 1.82) is 0 Å². The molecule has 1 aromatic rings. The average Bonchev–Trinajstić information content (AvgIpc) is 2.83. The predicted octanol–water partition coefficient (Wildman–Crippen LogP) is 2.06. The van der Waals surface area contributed by atoms with E-state index in [4.69, 9.17) is 4.84 Å². The first-order valence-electron chi connectivity index (χ1n) is 5.40. The van der Waals surface area contributed by atoms with Crippen molar-refractivity contribution in [3.63, 3.8) is 0 Å². The fraction of sp³-hybridized carbons (Fsp3) is 0.214. The Balaban J connectivity index is 2.84. The van der Waals surface area contributed by atoms with Crippen LogP contribution in [0.1, 0.15) is 17.3 Å². The van der Waals surface area contributed by atoms with Gasteiger partial charge in [0.25, 0.3) is 5.91 Å². The van der Waals surface area contributed by atoms with Crippen molar-refractivity contribution >= 4 is 5.91 Å². The van der Waals surface area contributed by atoms with E-state index in [1.54, 1.807) is 36.2 Å². The Morgan fingerprint density at radius 1 is 1.61 bits per heavy atom. The van der Waals surface area contributed by atoms with Crippen LogP contribution in [0.2, 0.25) is 0 Å². The summed E-state index contributed by atoms with van der Waals surface area (Å²) in [7, 11) is 3.00. The van der Waals surface area contributed by atoms with Crippen LogP contribution in [0.4, 0.5) is 0 Å². The van der Waals surface area contributed by atoms with Crippen molar-refractivity contribution < 1.29 is 9.63 Å². The second-order valence-electron chi connectivity index (χ2n) is 3.61. The zero-order chi connectivity index (χ0) is 13.5. The minimum absolute atomic E-state index is 0.212. The summed E-state index contributed by atoms with van der Waals surface area (Å²) < 4.78 is 1.64. The van der Waals surface area contributed by atoms with E-state index in [1.165, 1.54) is 7.11 Å². The maximum atomic E-state index is 11.7. The molecule has 0 radical (unpaired) electrons. The van der Waals surface area contributed by atoms with Gasteiger partial charge in [0, 0.05) is 31.1 Å². The maximum absolute atomic E-state index is 11.7. The van der Waals surface area contributed by atoms with Gasteiger partial charge in [-0.2, -0.15) is 0 Å². The van der Waals surface area contributed by atoms with E-state index in [0.29, 0.717) is 5.56 Å². The highest BCUT2D eigenvalue weighted by Crippen LogP contribution is 2.04. The lowest BCUT2D eigenvalue weighted by Crippen LogP contribution is -2.24. The van der Waals surface area contributed by atoms with Gasteiger partial charge in [-0.1, -0.05) is 18.7 Å². The van der Waals surface area contributed by atoms with Gasteiger partial charge in [-0.25, -0.2) is 5.06 Å². The third-order valence-electron chi connectivity index (χ3n) is 2.25. The van der Waals surface area contributed by atoms with Crippen molar-refractivity contribution in [2.45, 2.75) is 6.92 Å². The molecule has 0 aliphatic rings. The number of carbonyl (C=O) groups excluding carboxylic acids is 1. The molecule has 0 atom stereocenters. The molecule has 0 fully saturated rings. The Hall–Kier alpha value is -2.25. The lowest BCUT2D eigenvalue weighted by Gasteiger charge is -2.11. The molecular formula is C14H16N2O2. The predicted molar refractivity (Wildman–Crippen MR) is 70.7 cm³/mol. The SMILES string of the molecule is C=CC=C(C)C#Cn1ccc(C(=O)N(C)OC)c1. The fourth-order valence-electron chi connectivity index (χ4n) is 1.23. The van der Waals surface area contributed by atoms with Gasteiger partial charge in [-0.3, -0.25) is 14.2 Å². The molecule has 0 unspecified atom stereocenters. The third kappa shape index (κ3) is 3.65. The van der Waals surface area contributed by atoms with Crippen molar-refractivity contribution in [3.05, 3.63) is 48.3 Å². The highest BCUT2D eigenvalue weighted by molar-refractivity contribution is 5.93. The van der Waals surface area contributed by atoms with Gasteiger partial charge in [0.1, 0.15) is 0 Å². The lowest BCUT2D eigenvalue weighted by atomic mass is 10.3. The minimum Gasteiger partial charge on any atom is -0.283 e. The molecule has 1 aromatic heterocycles. The van der Waals surface area contributed by atoms with E-state index in [9.17, 15) is 4.79 Å². The number of hydrogen-bond donors (Lipinski definition) is 0. The molecule has 4 nitrogen and oxygen atoms in total. The fourth-order valence-corrected chi connectivity index (χ4v) is 1.23. The van der Waals surface area contributed by atoms with Gasteiger partial charge in [0.15, 0.2) is 0 Å². The zero-order valence-electron chi connectivity index (χ0n) is 10.8. The quantitative estimate of drug-likeness (QED) is 0.463. The van der Waals surface area contributed by atoms with Crippen molar-refractivity contribution in [1.82, 2.24) is 9.63 Å². The number of allylic oxidation sites excluding steroid dienone is 3. The van der Waals surface area contributed by atoms with Crippen molar-refractivity contribution in [3.8, 4) is 12.0 Å². The molecule has 0 bridgehead atoms. The summed E-state index contributed by atoms with van der Waals surface area (Å²) in [5, 5.41) is 1.16. The van der Waals surface area contributed by atoms with Crippen LogP contribution >= 0.6 is 0 Å². The van der Waals surface area contributed by atoms with E-state index in [0.717, 1.165) is 10.6 Å². The van der Waals surface area contributed by atoms with Gasteiger partial charge in [0.2, 0.25) is 0 Å². The van der Waals surface area contributed by atoms with Gasteiger partial charge in [0.05, 0.1) is 12.7 Å². The molecular weight excluding hydrogens is 228 g/mol. The standard InChI is InChI=1S/C14H16N2O2/c1-5-6-12(2)7-9-16-10-8-13(11-16)14(17)15(3)18-4/h5-6,8,10-11H,1H2,2-4H3. The number of aromatic nitrogens is 1. The molecule has 0 N–H and O–H groups in total. The number of nitrogens with zero attached hydrogens (tertiary/aromatic N) is 2. The topological polar surface area (TPSA) is 34.5 Å². The lowest BCUT2D eigenvalue weighted by molar-refractivity contribution is -0.0756. The molecule has 18 heavy (non-hydrogen) atoms. The highest BCUT2D eigenvalue weighted by Gasteiger charge is 2.11. The Labute approximate surface area is 107 Å². The molecule has 0 saturated heterocycles. The molecule has 1 heterocycles. The van der Waals surface area contributed by atoms with Crippen LogP contribution < -0.4 is 0 Å². The molecule has 94 valence electrons. The monoisotopic (exact) mass is 244 g/mol. The molecule has 0 aliphatic heterocycles. The van der Waals surface area contributed by atoms with E-state index >= 15 is 0 Å². The van der Waals surface area contributed by atoms with Gasteiger partial charge in [-0.15, -0.1) is 0 Å². The summed E-state index contributed by atoms with van der Waals surface area (Å²) in [6.07, 6.45) is 6.89. The van der Waals surface area contributed by atoms with Crippen LogP contribution in [0.5, 0.6) is 0 Å². The number of hydrogen-bond acceptors (Lipinski definition) is 2. The molecule has 0 saturated carbocycles. The summed E-state index contributed by atoms with van der Waals surface area (Å²) in [5.41, 5.74) is 1.43. The van der Waals surface area contributed by atoms with Gasteiger partial charge < -0.3 is 0 Å². The van der Waals surface area contributed by atoms with E-state index in [1.807, 2.05) is 13.0 Å². The highest BCUT2D eigenvalue weighted by atomic mass is 16.7. The van der Waals surface area contributed by atoms with Crippen molar-refractivity contribution in [2.24, 2.45) is 0 Å². The first-order chi connectivity index (χ1) is 8.58. The normalized spacial score (nSPS) is 10.5. The van der Waals surface area contributed by atoms with Crippen LogP contribution in [0.3, 0.4) is 0 Å². The van der Waals surface area contributed by atoms with Crippen LogP contribution in [-0.4, -0.2) is 29.7 Å². The van der Waals surface area contributed by atoms with Crippen molar-refractivity contribution in [2.75, 3.05) is 14.2 Å². The second kappa shape index (κ2) is 6.48. The van der Waals surface area contributed by atoms with Crippen LogP contribution in [0, 0.1) is 12.0 Å². The Kier molecular flexibility index (Phi) is 4.97. The van der Waals surface area contributed by atoms with Gasteiger partial charge in [-0.05, 0) is 18.9 Å². The Morgan fingerprint density at radius 2 is 2.33 bits per heavy atom. The van der Waals surface area contributed by atoms with E-state index in [-0.39, 0.29) is 5.91 Å². The molecule has 1 rings (SSSR count). The number of amides is 1. The number of hydroxylamine groups is 2. The Morgan fingerprint density at radius 3 is 2.94 bits per heavy atom. The third-order valence-corrected chi connectivity index (χ3v) is 2.25. The largest absolute Gasteiger partial charge is 0.283 e. The van der Waals surface area contributed by atoms with Crippen LogP contribution in [-0.2, 0) is 4.84 Å². The van der Waals surface area contributed by atoms with Gasteiger partial charge >= 0.3 is 0 Å². The molecule has 4 heteroatoms. The van der Waals surface area contributed by atoms with E-state index < -0.39 is 0 Å². The number of carbonyl (C=O) groups is 1. The van der Waals surface area contributed by atoms with Crippen LogP contribution in [0.15, 0.2) is 42.8 Å². The summed E-state index contributed by atoms with van der Waals surface area (Å²) in [5.74, 6) is 2.73. The zero-order valence-corrected chi connectivity index (χ0v) is 10.8. The smallest absolute Gasteiger partial charge is 0.278 e. The van der Waals surface area contributed by atoms with Crippen LogP contribution in [0.25, 0.3) is 0 Å². The molecule has 1 amide bonds. The van der Waals surface area contributed by atoms with E-state index in [2.05, 4.69) is 18.5 Å².